The van der Waals surface area contributed by atoms with E-state index in [2.05, 4.69) is 4.74 Å². The Morgan fingerprint density at radius 3 is 2.67 bits per heavy atom. The van der Waals surface area contributed by atoms with Crippen LogP contribution in [-0.4, -0.2) is 30.1 Å². The van der Waals surface area contributed by atoms with E-state index in [1.807, 2.05) is 13.8 Å². The zero-order chi connectivity index (χ0) is 9.56. The summed E-state index contributed by atoms with van der Waals surface area (Å²) in [7, 11) is 1.40. The second-order valence-corrected chi connectivity index (χ2v) is 4.04. The van der Waals surface area contributed by atoms with Crippen molar-refractivity contribution >= 4 is 17.7 Å². The molecule has 12 heavy (non-hydrogen) atoms. The van der Waals surface area contributed by atoms with Crippen LogP contribution in [0.3, 0.4) is 0 Å². The van der Waals surface area contributed by atoms with Gasteiger partial charge in [-0.1, -0.05) is 6.92 Å². The van der Waals surface area contributed by atoms with E-state index in [9.17, 15) is 4.79 Å². The molecule has 3 nitrogen and oxygen atoms in total. The number of carbonyl (C=O) groups is 1. The van der Waals surface area contributed by atoms with Crippen LogP contribution in [0.15, 0.2) is 0 Å². The number of carbonyl (C=O) groups excluding carboxylic acids is 1. The molecule has 0 bridgehead atoms. The van der Waals surface area contributed by atoms with Gasteiger partial charge >= 0.3 is 5.97 Å². The Kier molecular flexibility index (Phi) is 6.20. The molecule has 2 atom stereocenters. The number of esters is 1. The third kappa shape index (κ3) is 4.62. The van der Waals surface area contributed by atoms with E-state index < -0.39 is 0 Å². The van der Waals surface area contributed by atoms with Gasteiger partial charge in [-0.25, -0.2) is 0 Å². The minimum atomic E-state index is -0.177. The quantitative estimate of drug-likeness (QED) is 0.659. The number of hydrogen-bond acceptors (Lipinski definition) is 4. The zero-order valence-electron chi connectivity index (χ0n) is 7.87. The van der Waals surface area contributed by atoms with Gasteiger partial charge in [-0.05, 0) is 13.3 Å². The van der Waals surface area contributed by atoms with Gasteiger partial charge in [0.2, 0.25) is 0 Å². The van der Waals surface area contributed by atoms with Crippen molar-refractivity contribution in [3.63, 3.8) is 0 Å². The maximum atomic E-state index is 10.9. The molecular formula is C8H17NO2S. The van der Waals surface area contributed by atoms with Crippen LogP contribution in [0.25, 0.3) is 0 Å². The Balaban J connectivity index is 3.56. The Morgan fingerprint density at radius 1 is 1.67 bits per heavy atom. The van der Waals surface area contributed by atoms with Crippen LogP contribution in [0.2, 0.25) is 0 Å². The third-order valence-corrected chi connectivity index (χ3v) is 2.93. The first-order valence-electron chi connectivity index (χ1n) is 4.06. The van der Waals surface area contributed by atoms with Crippen molar-refractivity contribution in [2.24, 2.45) is 5.73 Å². The first kappa shape index (κ1) is 11.8. The van der Waals surface area contributed by atoms with Gasteiger partial charge in [-0.3, -0.25) is 4.79 Å². The monoisotopic (exact) mass is 191 g/mol. The minimum Gasteiger partial charge on any atom is -0.468 e. The maximum Gasteiger partial charge on any atom is 0.318 e. The Labute approximate surface area is 78.0 Å². The van der Waals surface area contributed by atoms with Crippen LogP contribution in [-0.2, 0) is 9.53 Å². The number of methoxy groups -OCH3 is 1. The standard InChI is InChI=1S/C8H17NO2S/c1-4-7(9)5-12-6(2)8(10)11-3/h6-7H,4-5,9H2,1-3H3. The molecule has 2 unspecified atom stereocenters. The van der Waals surface area contributed by atoms with Crippen molar-refractivity contribution in [3.05, 3.63) is 0 Å². The largest absolute Gasteiger partial charge is 0.468 e. The number of rotatable bonds is 5. The molecule has 0 heterocycles. The van der Waals surface area contributed by atoms with Gasteiger partial charge in [-0.2, -0.15) is 0 Å². The van der Waals surface area contributed by atoms with E-state index in [0.29, 0.717) is 0 Å². The lowest BCUT2D eigenvalue weighted by Crippen LogP contribution is -2.24. The van der Waals surface area contributed by atoms with Crippen LogP contribution in [0, 0.1) is 0 Å². The van der Waals surface area contributed by atoms with Gasteiger partial charge in [0.05, 0.1) is 12.4 Å². The van der Waals surface area contributed by atoms with Crippen molar-refractivity contribution in [1.29, 1.82) is 0 Å². The van der Waals surface area contributed by atoms with Gasteiger partial charge in [-0.15, -0.1) is 11.8 Å². The van der Waals surface area contributed by atoms with Crippen molar-refractivity contribution in [2.75, 3.05) is 12.9 Å². The van der Waals surface area contributed by atoms with Crippen molar-refractivity contribution < 1.29 is 9.53 Å². The van der Waals surface area contributed by atoms with E-state index in [1.54, 1.807) is 11.8 Å². The lowest BCUT2D eigenvalue weighted by molar-refractivity contribution is -0.139. The topological polar surface area (TPSA) is 52.3 Å². The number of nitrogens with two attached hydrogens (primary N) is 1. The molecule has 4 heteroatoms. The average molecular weight is 191 g/mol. The summed E-state index contributed by atoms with van der Waals surface area (Å²) in [5.74, 6) is 0.635. The second-order valence-electron chi connectivity index (χ2n) is 2.67. The molecule has 0 fully saturated rings. The molecule has 0 aliphatic carbocycles. The normalized spacial score (nSPS) is 15.3. The summed E-state index contributed by atoms with van der Waals surface area (Å²) in [5, 5.41) is -0.104. The van der Waals surface area contributed by atoms with Gasteiger partial charge < -0.3 is 10.5 Å². The lowest BCUT2D eigenvalue weighted by atomic mass is 10.3. The highest BCUT2D eigenvalue weighted by Gasteiger charge is 2.14. The van der Waals surface area contributed by atoms with Crippen molar-refractivity contribution in [2.45, 2.75) is 31.6 Å². The summed E-state index contributed by atoms with van der Waals surface area (Å²) in [5.41, 5.74) is 5.69. The third-order valence-electron chi connectivity index (χ3n) is 1.62. The van der Waals surface area contributed by atoms with Crippen LogP contribution >= 0.6 is 11.8 Å². The van der Waals surface area contributed by atoms with Gasteiger partial charge in [0, 0.05) is 11.8 Å². The molecule has 0 aliphatic heterocycles. The van der Waals surface area contributed by atoms with Crippen LogP contribution in [0.5, 0.6) is 0 Å². The molecule has 0 saturated carbocycles. The van der Waals surface area contributed by atoms with Crippen molar-refractivity contribution in [1.82, 2.24) is 0 Å². The van der Waals surface area contributed by atoms with Gasteiger partial charge in [0.1, 0.15) is 0 Å². The summed E-state index contributed by atoms with van der Waals surface area (Å²) in [6.45, 7) is 3.87. The summed E-state index contributed by atoms with van der Waals surface area (Å²) in [6, 6.07) is 0.183. The highest BCUT2D eigenvalue weighted by molar-refractivity contribution is 8.00. The molecule has 0 aliphatic rings. The smallest absolute Gasteiger partial charge is 0.318 e. The molecule has 0 saturated heterocycles. The summed E-state index contributed by atoms with van der Waals surface area (Å²) in [4.78, 5) is 10.9. The number of thioether (sulfide) groups is 1. The predicted octanol–water partition coefficient (Wildman–Crippen LogP) is 1.02. The first-order chi connectivity index (χ1) is 5.61. The zero-order valence-corrected chi connectivity index (χ0v) is 8.69. The van der Waals surface area contributed by atoms with E-state index >= 15 is 0 Å². The molecule has 0 aromatic carbocycles. The van der Waals surface area contributed by atoms with Crippen LogP contribution in [0.1, 0.15) is 20.3 Å². The van der Waals surface area contributed by atoms with Gasteiger partial charge in [0.15, 0.2) is 0 Å². The van der Waals surface area contributed by atoms with E-state index in [0.717, 1.165) is 12.2 Å². The molecule has 0 amide bonds. The first-order valence-corrected chi connectivity index (χ1v) is 5.11. The maximum absolute atomic E-state index is 10.9. The van der Waals surface area contributed by atoms with Gasteiger partial charge in [0.25, 0.3) is 0 Å². The van der Waals surface area contributed by atoms with E-state index in [4.69, 9.17) is 5.73 Å². The highest BCUT2D eigenvalue weighted by atomic mass is 32.2. The summed E-state index contributed by atoms with van der Waals surface area (Å²) >= 11 is 1.54. The molecule has 0 rings (SSSR count). The Bertz CT molecular complexity index is 141. The molecule has 0 spiro atoms. The predicted molar refractivity (Wildman–Crippen MR) is 52.2 cm³/mol. The fraction of sp³-hybridized carbons (Fsp3) is 0.875. The molecular weight excluding hydrogens is 174 g/mol. The minimum absolute atomic E-state index is 0.104. The molecule has 0 radical (unpaired) electrons. The molecule has 0 aromatic heterocycles. The molecule has 2 N–H and O–H groups in total. The highest BCUT2D eigenvalue weighted by Crippen LogP contribution is 2.13. The van der Waals surface area contributed by atoms with Crippen LogP contribution in [0.4, 0.5) is 0 Å². The molecule has 0 aromatic rings. The van der Waals surface area contributed by atoms with Crippen molar-refractivity contribution in [3.8, 4) is 0 Å². The molecule has 72 valence electrons. The van der Waals surface area contributed by atoms with Crippen LogP contribution < -0.4 is 5.73 Å². The second kappa shape index (κ2) is 6.31. The fourth-order valence-electron chi connectivity index (χ4n) is 0.620. The fourth-order valence-corrected chi connectivity index (χ4v) is 1.62. The number of ether oxygens (including phenoxy) is 1. The average Bonchev–Trinajstić information content (AvgIpc) is 2.11. The Morgan fingerprint density at radius 2 is 2.25 bits per heavy atom. The SMILES string of the molecule is CCC(N)CSC(C)C(=O)OC. The Hall–Kier alpha value is -0.220. The lowest BCUT2D eigenvalue weighted by Gasteiger charge is -2.11. The number of hydrogen-bond donors (Lipinski definition) is 1. The summed E-state index contributed by atoms with van der Waals surface area (Å²) in [6.07, 6.45) is 0.945. The summed E-state index contributed by atoms with van der Waals surface area (Å²) < 4.78 is 4.58. The van der Waals surface area contributed by atoms with E-state index in [1.165, 1.54) is 7.11 Å². The van der Waals surface area contributed by atoms with E-state index in [-0.39, 0.29) is 17.3 Å².